The average molecular weight is 1480 g/mol. The molecule has 0 aromatic heterocycles. The second kappa shape index (κ2) is 41.0. The molecule has 107 heavy (non-hydrogen) atoms. The number of methoxy groups -OCH3 is 10. The van der Waals surface area contributed by atoms with Crippen LogP contribution in [0.25, 0.3) is 0 Å². The van der Waals surface area contributed by atoms with Crippen LogP contribution in [0, 0.1) is 5.92 Å². The molecular formula is C82H107N5O20. The lowest BCUT2D eigenvalue weighted by atomic mass is 9.91. The molecule has 0 aliphatic carbocycles. The van der Waals surface area contributed by atoms with Gasteiger partial charge in [0.25, 0.3) is 11.8 Å². The molecule has 4 amide bonds. The maximum Gasteiger partial charge on any atom is 0.329 e. The highest BCUT2D eigenvalue weighted by Gasteiger charge is 2.40. The van der Waals surface area contributed by atoms with Crippen LogP contribution < -0.4 is 67.5 Å². The number of likely N-dealkylation sites (tertiary alicyclic amines) is 2. The van der Waals surface area contributed by atoms with Crippen LogP contribution in [0.1, 0.15) is 135 Å². The van der Waals surface area contributed by atoms with E-state index in [-0.39, 0.29) is 44.0 Å². The van der Waals surface area contributed by atoms with E-state index in [0.717, 1.165) is 24.0 Å². The Morgan fingerprint density at radius 3 is 1.15 bits per heavy atom. The van der Waals surface area contributed by atoms with Crippen molar-refractivity contribution in [1.29, 1.82) is 0 Å². The molecule has 0 bridgehead atoms. The second-order valence-corrected chi connectivity index (χ2v) is 26.7. The molecule has 6 aromatic rings. The van der Waals surface area contributed by atoms with Crippen molar-refractivity contribution >= 4 is 35.6 Å². The first kappa shape index (κ1) is 82.4. The minimum atomic E-state index is -0.860. The van der Waals surface area contributed by atoms with Gasteiger partial charge in [-0.05, 0) is 197 Å². The highest BCUT2D eigenvalue weighted by atomic mass is 16.6. The van der Waals surface area contributed by atoms with Crippen molar-refractivity contribution in [3.8, 4) is 69.0 Å². The quantitative estimate of drug-likeness (QED) is 0.0339. The number of carbonyl (C=O) groups is 6. The van der Waals surface area contributed by atoms with Crippen LogP contribution in [0.3, 0.4) is 0 Å². The minimum Gasteiger partial charge on any atom is -0.493 e. The van der Waals surface area contributed by atoms with Gasteiger partial charge in [-0.25, -0.2) is 9.59 Å². The van der Waals surface area contributed by atoms with Gasteiger partial charge in [-0.2, -0.15) is 0 Å². The number of esters is 2. The molecule has 2 N–H and O–H groups in total. The Bertz CT molecular complexity index is 3650. The van der Waals surface area contributed by atoms with Gasteiger partial charge < -0.3 is 91.6 Å². The number of hydrogen-bond acceptors (Lipinski definition) is 21. The number of amides is 4. The summed E-state index contributed by atoms with van der Waals surface area (Å²) in [4.78, 5) is 91.4. The van der Waals surface area contributed by atoms with Crippen LogP contribution in [-0.4, -0.2) is 193 Å². The summed E-state index contributed by atoms with van der Waals surface area (Å²) in [5.41, 5.74) is 4.38. The SMILES string of the molecule is CC[C@H](C(=O)N1CCCCC1C(=O)O[C@H](CCc1ccc(OC)c(OC)c1)c1cccc(OCC(=O)NCC(CNC(=O)COc2cccc(C(CCc3ccc(OC)c(OC)c3)OC(=O)[C@@H]3CCCCN3C(=O)[C@@H](CC)c3cc(OC)c(OC)c(OC)c3)c2)CN(C)C)c1)c1cc(OC)c(OC)c(OC)c1. The summed E-state index contributed by atoms with van der Waals surface area (Å²) in [7, 11) is 19.2. The fourth-order valence-corrected chi connectivity index (χ4v) is 13.9. The number of nitrogens with zero attached hydrogens (tertiary/aromatic N) is 3. The molecule has 0 saturated carbocycles. The molecule has 580 valence electrons. The first-order chi connectivity index (χ1) is 51.8. The lowest BCUT2D eigenvalue weighted by Gasteiger charge is -2.37. The third-order valence-electron chi connectivity index (χ3n) is 19.5. The van der Waals surface area contributed by atoms with Crippen molar-refractivity contribution in [2.75, 3.05) is 131 Å². The molecule has 8 rings (SSSR count). The molecule has 2 aliphatic heterocycles. The molecule has 3 unspecified atom stereocenters. The molecule has 6 aromatic carbocycles. The van der Waals surface area contributed by atoms with Crippen molar-refractivity contribution in [3.63, 3.8) is 0 Å². The number of nitrogens with one attached hydrogen (secondary N) is 2. The van der Waals surface area contributed by atoms with E-state index in [1.54, 1.807) is 98.9 Å². The molecule has 0 radical (unpaired) electrons. The predicted octanol–water partition coefficient (Wildman–Crippen LogP) is 11.2. The lowest BCUT2D eigenvalue weighted by Crippen LogP contribution is -2.50. The highest BCUT2D eigenvalue weighted by molar-refractivity contribution is 5.90. The van der Waals surface area contributed by atoms with Crippen molar-refractivity contribution in [3.05, 3.63) is 143 Å². The molecule has 0 spiro atoms. The lowest BCUT2D eigenvalue weighted by molar-refractivity contribution is -0.162. The number of carbonyl (C=O) groups excluding carboxylic acids is 6. The third kappa shape index (κ3) is 21.9. The van der Waals surface area contributed by atoms with Gasteiger partial charge in [0.2, 0.25) is 23.3 Å². The van der Waals surface area contributed by atoms with E-state index < -0.39 is 59.9 Å². The Kier molecular flexibility index (Phi) is 31.5. The topological polar surface area (TPSA) is 265 Å². The summed E-state index contributed by atoms with van der Waals surface area (Å²) in [6.45, 7) is 4.79. The summed E-state index contributed by atoms with van der Waals surface area (Å²) >= 11 is 0. The number of benzene rings is 6. The highest BCUT2D eigenvalue weighted by Crippen LogP contribution is 2.44. The van der Waals surface area contributed by atoms with Crippen molar-refractivity contribution in [2.24, 2.45) is 5.92 Å². The maximum absolute atomic E-state index is 14.7. The van der Waals surface area contributed by atoms with Gasteiger partial charge in [0.1, 0.15) is 35.8 Å². The molecule has 2 heterocycles. The Morgan fingerprint density at radius 2 is 0.813 bits per heavy atom. The monoisotopic (exact) mass is 1480 g/mol. The number of aryl methyl sites for hydroxylation is 2. The van der Waals surface area contributed by atoms with Gasteiger partial charge >= 0.3 is 11.9 Å². The first-order valence-corrected chi connectivity index (χ1v) is 36.5. The fourth-order valence-electron chi connectivity index (χ4n) is 13.9. The average Bonchev–Trinajstić information content (AvgIpc) is 0.795. The van der Waals surface area contributed by atoms with Crippen LogP contribution in [0.5, 0.6) is 69.0 Å². The molecule has 2 fully saturated rings. The van der Waals surface area contributed by atoms with Crippen LogP contribution in [-0.2, 0) is 51.1 Å². The van der Waals surface area contributed by atoms with E-state index in [1.807, 2.05) is 81.4 Å². The predicted molar refractivity (Wildman–Crippen MR) is 402 cm³/mol. The third-order valence-corrected chi connectivity index (χ3v) is 19.5. The molecule has 2 saturated heterocycles. The van der Waals surface area contributed by atoms with Crippen molar-refractivity contribution < 1.29 is 95.1 Å². The number of rotatable bonds is 40. The van der Waals surface area contributed by atoms with Crippen LogP contribution in [0.2, 0.25) is 0 Å². The zero-order valence-corrected chi connectivity index (χ0v) is 64.4. The number of hydrogen-bond donors (Lipinski definition) is 2. The van der Waals surface area contributed by atoms with E-state index in [1.165, 1.54) is 42.7 Å². The molecule has 25 heteroatoms. The van der Waals surface area contributed by atoms with Crippen molar-refractivity contribution in [1.82, 2.24) is 25.3 Å². The molecular weight excluding hydrogens is 1370 g/mol. The molecule has 25 nitrogen and oxygen atoms in total. The van der Waals surface area contributed by atoms with Gasteiger partial charge in [0.05, 0.1) is 82.9 Å². The Labute approximate surface area is 628 Å². The Hall–Kier alpha value is -10.3. The number of piperidine rings is 2. The standard InChI is InChI=1S/C82H107N5O20/c1-15-61(57-43-71(98-9)77(102-13)72(44-57)99-10)79(90)86-37-19-17-27-63(86)81(92)106-65(33-29-52-31-35-67(94-5)69(39-52)96-7)55-23-21-25-59(41-55)104-50-75(88)83-47-54(49-85(3)4)48-84-76(89)51-105-60-26-22-24-56(42-60)66(34-30-53-32-36-68(95-6)70(40-53)97-8)107-82(93)64-28-18-20-38-87(64)80(91)62(16-2)58-45-73(100-11)78(103-14)74(46-58)101-12/h21-26,31-32,35-36,39-46,54,61-66H,15-20,27-30,33-34,37-38,47-51H2,1-14H3,(H,83,88)(H,84,89)/t54?,61-,62-,63-,64?,65?,66+/m0/s1. The zero-order chi connectivity index (χ0) is 77.1. The summed E-state index contributed by atoms with van der Waals surface area (Å²) in [6.07, 6.45) is 4.57. The molecule has 7 atom stereocenters. The molecule has 2 aliphatic rings. The zero-order valence-electron chi connectivity index (χ0n) is 64.4. The van der Waals surface area contributed by atoms with Crippen LogP contribution in [0.15, 0.2) is 109 Å². The Balaban J connectivity index is 0.906. The normalized spacial score (nSPS) is 15.6. The van der Waals surface area contributed by atoms with Gasteiger partial charge in [0.15, 0.2) is 59.2 Å². The van der Waals surface area contributed by atoms with Crippen LogP contribution in [0.4, 0.5) is 0 Å². The van der Waals surface area contributed by atoms with Gasteiger partial charge in [-0.1, -0.05) is 50.2 Å². The maximum atomic E-state index is 14.7. The Morgan fingerprint density at radius 1 is 0.439 bits per heavy atom. The second-order valence-electron chi connectivity index (χ2n) is 26.7. The summed E-state index contributed by atoms with van der Waals surface area (Å²) in [5.74, 6) is 1.63. The van der Waals surface area contributed by atoms with Gasteiger partial charge in [0, 0.05) is 38.6 Å². The van der Waals surface area contributed by atoms with Gasteiger partial charge in [-0.3, -0.25) is 19.2 Å². The summed E-state index contributed by atoms with van der Waals surface area (Å²) in [6, 6.07) is 30.8. The van der Waals surface area contributed by atoms with Crippen molar-refractivity contribution in [2.45, 2.75) is 127 Å². The van der Waals surface area contributed by atoms with E-state index in [2.05, 4.69) is 10.6 Å². The first-order valence-electron chi connectivity index (χ1n) is 36.5. The van der Waals surface area contributed by atoms with E-state index >= 15 is 0 Å². The fraction of sp³-hybridized carbons (Fsp3) is 0.488. The summed E-state index contributed by atoms with van der Waals surface area (Å²) < 4.78 is 81.2. The van der Waals surface area contributed by atoms with Crippen LogP contribution >= 0.6 is 0 Å². The largest absolute Gasteiger partial charge is 0.493 e. The smallest absolute Gasteiger partial charge is 0.329 e. The van der Waals surface area contributed by atoms with Gasteiger partial charge in [-0.15, -0.1) is 0 Å². The minimum absolute atomic E-state index is 0.197. The van der Waals surface area contributed by atoms with E-state index in [9.17, 15) is 28.8 Å². The van der Waals surface area contributed by atoms with E-state index in [4.69, 9.17) is 66.3 Å². The summed E-state index contributed by atoms with van der Waals surface area (Å²) in [5, 5.41) is 5.94. The van der Waals surface area contributed by atoms with E-state index in [0.29, 0.717) is 175 Å². The number of ether oxygens (including phenoxy) is 14.